The lowest BCUT2D eigenvalue weighted by Crippen LogP contribution is -2.63. The number of β-lactam (4-membered cyclic amide) rings is 1. The SMILES string of the molecule is CCOC(=O)C1C(C2C(C)C(=O)N2c2ccc(OC)cc2)N1Cc1ccccc1. The number of nitrogens with zero attached hydrogens (tertiary/aromatic N) is 2. The maximum atomic E-state index is 12.7. The van der Waals surface area contributed by atoms with E-state index in [1.54, 1.807) is 7.11 Å². The number of amides is 1. The molecule has 0 saturated carbocycles. The summed E-state index contributed by atoms with van der Waals surface area (Å²) in [5.74, 6) is 0.469. The van der Waals surface area contributed by atoms with Gasteiger partial charge in [-0.1, -0.05) is 37.3 Å². The molecule has 6 nitrogen and oxygen atoms in total. The summed E-state index contributed by atoms with van der Waals surface area (Å²) >= 11 is 0. The lowest BCUT2D eigenvalue weighted by Gasteiger charge is -2.46. The first kappa shape index (κ1) is 19.5. The van der Waals surface area contributed by atoms with E-state index in [0.717, 1.165) is 17.0 Å². The van der Waals surface area contributed by atoms with Crippen LogP contribution in [0.3, 0.4) is 0 Å². The molecular weight excluding hydrogens is 368 g/mol. The van der Waals surface area contributed by atoms with Gasteiger partial charge in [-0.2, -0.15) is 0 Å². The Balaban J connectivity index is 1.58. The van der Waals surface area contributed by atoms with Crippen LogP contribution in [0.15, 0.2) is 54.6 Å². The molecule has 0 spiro atoms. The van der Waals surface area contributed by atoms with Crippen molar-refractivity contribution in [2.45, 2.75) is 38.5 Å². The molecule has 0 N–H and O–H groups in total. The van der Waals surface area contributed by atoms with Crippen molar-refractivity contribution in [3.63, 3.8) is 0 Å². The number of benzene rings is 2. The largest absolute Gasteiger partial charge is 0.497 e. The summed E-state index contributed by atoms with van der Waals surface area (Å²) < 4.78 is 10.5. The summed E-state index contributed by atoms with van der Waals surface area (Å²) in [6, 6.07) is 17.1. The first-order chi connectivity index (χ1) is 14.1. The van der Waals surface area contributed by atoms with Gasteiger partial charge in [-0.05, 0) is 36.8 Å². The quantitative estimate of drug-likeness (QED) is 0.411. The average molecular weight is 394 g/mol. The minimum atomic E-state index is -0.323. The lowest BCUT2D eigenvalue weighted by atomic mass is 9.84. The van der Waals surface area contributed by atoms with Crippen molar-refractivity contribution in [2.75, 3.05) is 18.6 Å². The Bertz CT molecular complexity index is 884. The lowest BCUT2D eigenvalue weighted by molar-refractivity contribution is -0.143. The van der Waals surface area contributed by atoms with E-state index in [-0.39, 0.29) is 35.9 Å². The molecule has 2 aromatic carbocycles. The van der Waals surface area contributed by atoms with Crippen LogP contribution in [0.4, 0.5) is 5.69 Å². The van der Waals surface area contributed by atoms with Crippen LogP contribution < -0.4 is 9.64 Å². The molecule has 5 unspecified atom stereocenters. The second kappa shape index (κ2) is 7.87. The van der Waals surface area contributed by atoms with Crippen molar-refractivity contribution in [2.24, 2.45) is 5.92 Å². The van der Waals surface area contributed by atoms with E-state index in [9.17, 15) is 9.59 Å². The van der Waals surface area contributed by atoms with Crippen molar-refractivity contribution in [1.82, 2.24) is 4.90 Å². The molecule has 0 aromatic heterocycles. The van der Waals surface area contributed by atoms with E-state index in [2.05, 4.69) is 4.90 Å². The molecule has 4 rings (SSSR count). The maximum Gasteiger partial charge on any atom is 0.325 e. The number of methoxy groups -OCH3 is 1. The van der Waals surface area contributed by atoms with Crippen LogP contribution in [-0.4, -0.2) is 48.6 Å². The van der Waals surface area contributed by atoms with E-state index < -0.39 is 0 Å². The Kier molecular flexibility index (Phi) is 5.28. The normalized spacial score (nSPS) is 27.9. The fraction of sp³-hybridized carbons (Fsp3) is 0.391. The van der Waals surface area contributed by atoms with Crippen LogP contribution in [0, 0.1) is 5.92 Å². The molecule has 0 aliphatic carbocycles. The number of hydrogen-bond acceptors (Lipinski definition) is 5. The number of carbonyl (C=O) groups excluding carboxylic acids is 2. The smallest absolute Gasteiger partial charge is 0.325 e. The number of hydrogen-bond donors (Lipinski definition) is 0. The number of ether oxygens (including phenoxy) is 2. The summed E-state index contributed by atoms with van der Waals surface area (Å²) in [6.07, 6.45) is 0. The Hall–Kier alpha value is -2.86. The van der Waals surface area contributed by atoms with Crippen molar-refractivity contribution in [3.05, 3.63) is 60.2 Å². The first-order valence-corrected chi connectivity index (χ1v) is 10.00. The summed E-state index contributed by atoms with van der Waals surface area (Å²) in [4.78, 5) is 29.2. The first-order valence-electron chi connectivity index (χ1n) is 10.00. The molecule has 29 heavy (non-hydrogen) atoms. The van der Waals surface area contributed by atoms with Crippen molar-refractivity contribution < 1.29 is 19.1 Å². The third-order valence-corrected chi connectivity index (χ3v) is 5.85. The van der Waals surface area contributed by atoms with Gasteiger partial charge >= 0.3 is 5.97 Å². The van der Waals surface area contributed by atoms with Gasteiger partial charge in [0.2, 0.25) is 5.91 Å². The van der Waals surface area contributed by atoms with Crippen molar-refractivity contribution >= 4 is 17.6 Å². The van der Waals surface area contributed by atoms with E-state index in [4.69, 9.17) is 9.47 Å². The number of rotatable bonds is 7. The predicted molar refractivity (Wildman–Crippen MR) is 110 cm³/mol. The van der Waals surface area contributed by atoms with Crippen LogP contribution in [0.25, 0.3) is 0 Å². The highest BCUT2D eigenvalue weighted by atomic mass is 16.5. The summed E-state index contributed by atoms with van der Waals surface area (Å²) in [5, 5.41) is 0. The van der Waals surface area contributed by atoms with Crippen LogP contribution in [0.5, 0.6) is 5.75 Å². The van der Waals surface area contributed by atoms with E-state index in [1.165, 1.54) is 0 Å². The summed E-state index contributed by atoms with van der Waals surface area (Å²) in [6.45, 7) is 4.76. The van der Waals surface area contributed by atoms with Gasteiger partial charge in [-0.15, -0.1) is 0 Å². The Labute approximate surface area is 171 Å². The molecule has 2 aliphatic heterocycles. The number of esters is 1. The molecule has 1 amide bonds. The third-order valence-electron chi connectivity index (χ3n) is 5.85. The molecule has 2 fully saturated rings. The van der Waals surface area contributed by atoms with Crippen LogP contribution in [0.1, 0.15) is 19.4 Å². The molecule has 2 aliphatic rings. The molecule has 5 atom stereocenters. The predicted octanol–water partition coefficient (Wildman–Crippen LogP) is 2.86. The van der Waals surface area contributed by atoms with E-state index in [1.807, 2.05) is 73.3 Å². The highest BCUT2D eigenvalue weighted by Gasteiger charge is 2.64. The zero-order valence-corrected chi connectivity index (χ0v) is 16.9. The van der Waals surface area contributed by atoms with Gasteiger partial charge in [0.25, 0.3) is 0 Å². The summed E-state index contributed by atoms with van der Waals surface area (Å²) in [7, 11) is 1.62. The molecule has 0 bridgehead atoms. The van der Waals surface area contributed by atoms with Crippen LogP contribution >= 0.6 is 0 Å². The highest BCUT2D eigenvalue weighted by Crippen LogP contribution is 2.45. The number of carbonyl (C=O) groups is 2. The molecular formula is C23H26N2O4. The monoisotopic (exact) mass is 394 g/mol. The van der Waals surface area contributed by atoms with Crippen LogP contribution in [-0.2, 0) is 20.9 Å². The molecule has 6 heteroatoms. The molecule has 152 valence electrons. The topological polar surface area (TPSA) is 58.9 Å². The van der Waals surface area contributed by atoms with Gasteiger partial charge in [-0.3, -0.25) is 14.5 Å². The fourth-order valence-corrected chi connectivity index (χ4v) is 4.32. The van der Waals surface area contributed by atoms with Gasteiger partial charge in [0.05, 0.1) is 31.7 Å². The number of anilines is 1. The van der Waals surface area contributed by atoms with E-state index in [0.29, 0.717) is 13.2 Å². The minimum Gasteiger partial charge on any atom is -0.497 e. The van der Waals surface area contributed by atoms with Gasteiger partial charge in [-0.25, -0.2) is 0 Å². The Morgan fingerprint density at radius 2 is 1.72 bits per heavy atom. The van der Waals surface area contributed by atoms with Crippen LogP contribution in [0.2, 0.25) is 0 Å². The third kappa shape index (κ3) is 3.49. The molecule has 2 aromatic rings. The second-order valence-corrected chi connectivity index (χ2v) is 7.53. The van der Waals surface area contributed by atoms with Crippen molar-refractivity contribution in [3.8, 4) is 5.75 Å². The van der Waals surface area contributed by atoms with E-state index >= 15 is 0 Å². The van der Waals surface area contributed by atoms with Gasteiger partial charge in [0.15, 0.2) is 0 Å². The maximum absolute atomic E-state index is 12.7. The Morgan fingerprint density at radius 3 is 2.34 bits per heavy atom. The average Bonchev–Trinajstić information content (AvgIpc) is 3.44. The zero-order chi connectivity index (χ0) is 20.5. The summed E-state index contributed by atoms with van der Waals surface area (Å²) in [5.41, 5.74) is 1.96. The fourth-order valence-electron chi connectivity index (χ4n) is 4.32. The molecule has 0 radical (unpaired) electrons. The second-order valence-electron chi connectivity index (χ2n) is 7.53. The minimum absolute atomic E-state index is 0.0518. The van der Waals surface area contributed by atoms with Crippen molar-refractivity contribution in [1.29, 1.82) is 0 Å². The zero-order valence-electron chi connectivity index (χ0n) is 16.9. The molecule has 2 saturated heterocycles. The Morgan fingerprint density at radius 1 is 1.03 bits per heavy atom. The van der Waals surface area contributed by atoms with Gasteiger partial charge in [0, 0.05) is 12.2 Å². The molecule has 2 heterocycles. The standard InChI is InChI=1S/C23H26N2O4/c1-4-29-23(27)21-20(24(21)14-16-8-6-5-7-9-16)19-15(2)22(26)25(19)17-10-12-18(28-3)13-11-17/h5-13,15,19-21H,4,14H2,1-3H3. The van der Waals surface area contributed by atoms with Gasteiger partial charge in [0.1, 0.15) is 11.8 Å². The highest BCUT2D eigenvalue weighted by molar-refractivity contribution is 6.03. The van der Waals surface area contributed by atoms with Gasteiger partial charge < -0.3 is 14.4 Å².